The first-order chi connectivity index (χ1) is 9.61. The van der Waals surface area contributed by atoms with Crippen molar-refractivity contribution in [3.05, 3.63) is 63.1 Å². The molecular formula is C14H13BrClN3O. The zero-order valence-electron chi connectivity index (χ0n) is 10.5. The van der Waals surface area contributed by atoms with Crippen LogP contribution in [0.25, 0.3) is 0 Å². The van der Waals surface area contributed by atoms with Crippen molar-refractivity contribution in [2.45, 2.75) is 6.54 Å². The summed E-state index contributed by atoms with van der Waals surface area (Å²) < 4.78 is 0.920. The van der Waals surface area contributed by atoms with E-state index in [-0.39, 0.29) is 5.84 Å². The Kier molecular flexibility index (Phi) is 4.87. The average Bonchev–Trinajstić information content (AvgIpc) is 2.47. The Labute approximate surface area is 130 Å². The number of nitrogens with one attached hydrogen (secondary N) is 1. The maximum atomic E-state index is 8.80. The van der Waals surface area contributed by atoms with Crippen molar-refractivity contribution in [1.82, 2.24) is 0 Å². The Morgan fingerprint density at radius 2 is 2.05 bits per heavy atom. The van der Waals surface area contributed by atoms with Crippen LogP contribution in [0.4, 0.5) is 5.69 Å². The van der Waals surface area contributed by atoms with Crippen molar-refractivity contribution in [1.29, 1.82) is 0 Å². The standard InChI is InChI=1S/C14H13BrClN3O/c15-12-6-5-10(16)7-13(12)18-8-9-3-1-2-4-11(9)14(17)19-20/h1-7,18,20H,8H2,(H2,17,19). The van der Waals surface area contributed by atoms with Crippen LogP contribution in [0.3, 0.4) is 0 Å². The zero-order chi connectivity index (χ0) is 14.5. The van der Waals surface area contributed by atoms with Crippen molar-refractivity contribution < 1.29 is 5.21 Å². The minimum Gasteiger partial charge on any atom is -0.409 e. The highest BCUT2D eigenvalue weighted by Crippen LogP contribution is 2.26. The van der Waals surface area contributed by atoms with E-state index >= 15 is 0 Å². The number of amidine groups is 1. The van der Waals surface area contributed by atoms with Gasteiger partial charge in [0.1, 0.15) is 0 Å². The molecule has 4 nitrogen and oxygen atoms in total. The minimum atomic E-state index is 0.0903. The number of hydrogen-bond donors (Lipinski definition) is 3. The Morgan fingerprint density at radius 1 is 1.30 bits per heavy atom. The number of benzene rings is 2. The molecule has 0 saturated heterocycles. The van der Waals surface area contributed by atoms with Gasteiger partial charge in [-0.05, 0) is 39.7 Å². The van der Waals surface area contributed by atoms with E-state index in [1.165, 1.54) is 0 Å². The maximum absolute atomic E-state index is 8.80. The highest BCUT2D eigenvalue weighted by atomic mass is 79.9. The van der Waals surface area contributed by atoms with Crippen LogP contribution in [0, 0.1) is 0 Å². The Morgan fingerprint density at radius 3 is 2.80 bits per heavy atom. The number of halogens is 2. The first-order valence-electron chi connectivity index (χ1n) is 5.86. The van der Waals surface area contributed by atoms with Crippen LogP contribution in [0.15, 0.2) is 52.1 Å². The molecule has 20 heavy (non-hydrogen) atoms. The molecule has 0 heterocycles. The van der Waals surface area contributed by atoms with Crippen molar-refractivity contribution in [3.63, 3.8) is 0 Å². The van der Waals surface area contributed by atoms with Crippen LogP contribution in [-0.2, 0) is 6.54 Å². The first kappa shape index (κ1) is 14.7. The van der Waals surface area contributed by atoms with Gasteiger partial charge in [0.2, 0.25) is 0 Å². The topological polar surface area (TPSA) is 70.6 Å². The predicted octanol–water partition coefficient (Wildman–Crippen LogP) is 3.81. The highest BCUT2D eigenvalue weighted by molar-refractivity contribution is 9.10. The number of anilines is 1. The van der Waals surface area contributed by atoms with Gasteiger partial charge in [0.25, 0.3) is 0 Å². The van der Waals surface area contributed by atoms with Crippen molar-refractivity contribution in [2.75, 3.05) is 5.32 Å². The Bertz CT molecular complexity index is 646. The second kappa shape index (κ2) is 6.63. The molecule has 0 unspecified atom stereocenters. The third kappa shape index (κ3) is 3.43. The van der Waals surface area contributed by atoms with Crippen LogP contribution in [0.2, 0.25) is 5.02 Å². The molecule has 0 saturated carbocycles. The number of oxime groups is 1. The summed E-state index contributed by atoms with van der Waals surface area (Å²) in [6, 6.07) is 13.0. The fraction of sp³-hybridized carbons (Fsp3) is 0.0714. The molecule has 6 heteroatoms. The van der Waals surface area contributed by atoms with E-state index < -0.39 is 0 Å². The van der Waals surface area contributed by atoms with Crippen LogP contribution in [0.1, 0.15) is 11.1 Å². The van der Waals surface area contributed by atoms with E-state index in [0.29, 0.717) is 17.1 Å². The molecular weight excluding hydrogens is 342 g/mol. The Hall–Kier alpha value is -1.72. The van der Waals surface area contributed by atoms with E-state index in [1.807, 2.05) is 30.3 Å². The molecule has 0 aromatic heterocycles. The number of nitrogens with zero attached hydrogens (tertiary/aromatic N) is 1. The van der Waals surface area contributed by atoms with E-state index in [1.54, 1.807) is 12.1 Å². The van der Waals surface area contributed by atoms with Gasteiger partial charge in [0.05, 0.1) is 5.69 Å². The van der Waals surface area contributed by atoms with Gasteiger partial charge in [-0.25, -0.2) is 0 Å². The lowest BCUT2D eigenvalue weighted by Crippen LogP contribution is -2.16. The van der Waals surface area contributed by atoms with Crippen LogP contribution in [0.5, 0.6) is 0 Å². The van der Waals surface area contributed by atoms with Gasteiger partial charge >= 0.3 is 0 Å². The molecule has 0 aliphatic carbocycles. The normalized spacial score (nSPS) is 11.4. The van der Waals surface area contributed by atoms with E-state index in [9.17, 15) is 0 Å². The largest absolute Gasteiger partial charge is 0.409 e. The summed E-state index contributed by atoms with van der Waals surface area (Å²) >= 11 is 9.43. The lowest BCUT2D eigenvalue weighted by atomic mass is 10.1. The lowest BCUT2D eigenvalue weighted by molar-refractivity contribution is 0.318. The summed E-state index contributed by atoms with van der Waals surface area (Å²) in [7, 11) is 0. The van der Waals surface area contributed by atoms with Gasteiger partial charge < -0.3 is 16.3 Å². The summed E-state index contributed by atoms with van der Waals surface area (Å²) in [5, 5.41) is 15.8. The predicted molar refractivity (Wildman–Crippen MR) is 85.4 cm³/mol. The Balaban J connectivity index is 2.21. The highest BCUT2D eigenvalue weighted by Gasteiger charge is 2.07. The maximum Gasteiger partial charge on any atom is 0.170 e. The molecule has 4 N–H and O–H groups in total. The molecule has 104 valence electrons. The molecule has 0 aliphatic heterocycles. The quantitative estimate of drug-likeness (QED) is 0.338. The molecule has 0 amide bonds. The average molecular weight is 355 g/mol. The number of hydrogen-bond acceptors (Lipinski definition) is 3. The van der Waals surface area contributed by atoms with Gasteiger partial charge in [-0.2, -0.15) is 0 Å². The molecule has 0 bridgehead atoms. The second-order valence-electron chi connectivity index (χ2n) is 4.12. The minimum absolute atomic E-state index is 0.0903. The monoisotopic (exact) mass is 353 g/mol. The molecule has 2 rings (SSSR count). The lowest BCUT2D eigenvalue weighted by Gasteiger charge is -2.12. The van der Waals surface area contributed by atoms with E-state index in [0.717, 1.165) is 15.7 Å². The summed E-state index contributed by atoms with van der Waals surface area (Å²) in [6.45, 7) is 0.533. The molecule has 2 aromatic rings. The molecule has 0 spiro atoms. The van der Waals surface area contributed by atoms with Gasteiger partial charge in [-0.3, -0.25) is 0 Å². The zero-order valence-corrected chi connectivity index (χ0v) is 12.8. The number of rotatable bonds is 4. The van der Waals surface area contributed by atoms with Crippen molar-refractivity contribution >= 4 is 39.1 Å². The third-order valence-corrected chi connectivity index (χ3v) is 3.73. The second-order valence-corrected chi connectivity index (χ2v) is 5.41. The molecule has 0 aliphatic rings. The summed E-state index contributed by atoms with van der Waals surface area (Å²) in [5.41, 5.74) is 8.16. The van der Waals surface area contributed by atoms with Crippen molar-refractivity contribution in [2.24, 2.45) is 10.9 Å². The van der Waals surface area contributed by atoms with E-state index in [2.05, 4.69) is 26.4 Å². The molecule has 0 atom stereocenters. The molecule has 0 fully saturated rings. The van der Waals surface area contributed by atoms with Gasteiger partial charge in [0, 0.05) is 21.6 Å². The fourth-order valence-corrected chi connectivity index (χ4v) is 2.36. The van der Waals surface area contributed by atoms with Gasteiger partial charge in [-0.1, -0.05) is 41.0 Å². The third-order valence-electron chi connectivity index (χ3n) is 2.80. The summed E-state index contributed by atoms with van der Waals surface area (Å²) in [5.74, 6) is 0.0903. The van der Waals surface area contributed by atoms with Crippen molar-refractivity contribution in [3.8, 4) is 0 Å². The van der Waals surface area contributed by atoms with Crippen LogP contribution in [-0.4, -0.2) is 11.0 Å². The first-order valence-corrected chi connectivity index (χ1v) is 7.03. The van der Waals surface area contributed by atoms with Gasteiger partial charge in [-0.15, -0.1) is 0 Å². The number of nitrogens with two attached hydrogens (primary N) is 1. The van der Waals surface area contributed by atoms with Gasteiger partial charge in [0.15, 0.2) is 5.84 Å². The van der Waals surface area contributed by atoms with E-state index in [4.69, 9.17) is 22.5 Å². The van der Waals surface area contributed by atoms with Crippen LogP contribution >= 0.6 is 27.5 Å². The molecule has 0 radical (unpaired) electrons. The SMILES string of the molecule is N/C(=N/O)c1ccccc1CNc1cc(Cl)ccc1Br. The fourth-order valence-electron chi connectivity index (χ4n) is 1.80. The summed E-state index contributed by atoms with van der Waals surface area (Å²) in [4.78, 5) is 0. The van der Waals surface area contributed by atoms with Crippen LogP contribution < -0.4 is 11.1 Å². The molecule has 2 aromatic carbocycles. The smallest absolute Gasteiger partial charge is 0.170 e. The summed E-state index contributed by atoms with van der Waals surface area (Å²) in [6.07, 6.45) is 0.